The van der Waals surface area contributed by atoms with Crippen LogP contribution >= 0.6 is 0 Å². The van der Waals surface area contributed by atoms with Crippen LogP contribution in [-0.4, -0.2) is 55.7 Å². The summed E-state index contributed by atoms with van der Waals surface area (Å²) < 4.78 is 5.80. The monoisotopic (exact) mass is 319 g/mol. The molecule has 1 aliphatic rings. The van der Waals surface area contributed by atoms with Gasteiger partial charge < -0.3 is 15.4 Å². The van der Waals surface area contributed by atoms with Crippen LogP contribution in [0.25, 0.3) is 0 Å². The second-order valence-electron chi connectivity index (χ2n) is 6.70. The highest BCUT2D eigenvalue weighted by molar-refractivity contribution is 5.29. The number of likely N-dealkylation sites (N-methyl/N-ethyl adjacent to an activating group) is 1. The molecule has 0 aliphatic carbocycles. The van der Waals surface area contributed by atoms with Gasteiger partial charge in [0.2, 0.25) is 0 Å². The Hall–Kier alpha value is -1.10. The lowest BCUT2D eigenvalue weighted by Gasteiger charge is -2.41. The van der Waals surface area contributed by atoms with Crippen molar-refractivity contribution < 1.29 is 4.74 Å². The van der Waals surface area contributed by atoms with Crippen LogP contribution in [0.3, 0.4) is 0 Å². The van der Waals surface area contributed by atoms with E-state index in [1.54, 1.807) is 0 Å². The highest BCUT2D eigenvalue weighted by Crippen LogP contribution is 2.24. The summed E-state index contributed by atoms with van der Waals surface area (Å²) in [6.45, 7) is 9.23. The van der Waals surface area contributed by atoms with E-state index in [-0.39, 0.29) is 0 Å². The number of rotatable bonds is 8. The first-order valence-corrected chi connectivity index (χ1v) is 9.02. The fourth-order valence-corrected chi connectivity index (χ4v) is 3.18. The number of ether oxygens (including phenoxy) is 1. The van der Waals surface area contributed by atoms with Gasteiger partial charge in [-0.15, -0.1) is 0 Å². The van der Waals surface area contributed by atoms with E-state index in [1.165, 1.54) is 18.4 Å². The first kappa shape index (κ1) is 18.2. The number of unbranched alkanes of at least 4 members (excludes halogenated alkanes) is 2. The molecule has 4 nitrogen and oxygen atoms in total. The molecular formula is C19H33N3O. The maximum absolute atomic E-state index is 6.08. The van der Waals surface area contributed by atoms with Crippen molar-refractivity contribution in [2.45, 2.75) is 45.2 Å². The van der Waals surface area contributed by atoms with E-state index in [0.717, 1.165) is 38.4 Å². The van der Waals surface area contributed by atoms with Crippen LogP contribution in [0.1, 0.15) is 44.7 Å². The Morgan fingerprint density at radius 3 is 2.57 bits per heavy atom. The predicted molar refractivity (Wildman–Crippen MR) is 96.9 cm³/mol. The maximum atomic E-state index is 6.08. The minimum atomic E-state index is 0.306. The molecule has 2 rings (SSSR count). The molecule has 0 saturated carbocycles. The lowest BCUT2D eigenvalue weighted by Crippen LogP contribution is -2.52. The highest BCUT2D eigenvalue weighted by Gasteiger charge is 2.26. The van der Waals surface area contributed by atoms with E-state index in [4.69, 9.17) is 10.5 Å². The second-order valence-corrected chi connectivity index (χ2v) is 6.70. The smallest absolute Gasteiger partial charge is 0.119 e. The third-order valence-electron chi connectivity index (χ3n) is 4.94. The molecule has 130 valence electrons. The summed E-state index contributed by atoms with van der Waals surface area (Å²) in [5.41, 5.74) is 7.38. The van der Waals surface area contributed by atoms with Gasteiger partial charge in [-0.3, -0.25) is 4.90 Å². The SMILES string of the molecule is CCCCCOc1ccc(C(CN)N2CCN(C)C(C)C2)cc1. The standard InChI is InChI=1S/C19H33N3O/c1-4-5-6-13-23-18-9-7-17(8-10-18)19(14-20)22-12-11-21(3)16(2)15-22/h7-10,16,19H,4-6,11-15,20H2,1-3H3. The van der Waals surface area contributed by atoms with Crippen molar-refractivity contribution in [3.8, 4) is 5.75 Å². The van der Waals surface area contributed by atoms with Crippen molar-refractivity contribution >= 4 is 0 Å². The van der Waals surface area contributed by atoms with E-state index in [2.05, 4.69) is 55.0 Å². The van der Waals surface area contributed by atoms with Crippen molar-refractivity contribution in [3.63, 3.8) is 0 Å². The van der Waals surface area contributed by atoms with Crippen molar-refractivity contribution in [1.29, 1.82) is 0 Å². The topological polar surface area (TPSA) is 41.7 Å². The molecule has 1 aromatic carbocycles. The minimum absolute atomic E-state index is 0.306. The van der Waals surface area contributed by atoms with E-state index in [1.807, 2.05) is 0 Å². The Morgan fingerprint density at radius 1 is 1.22 bits per heavy atom. The molecule has 0 radical (unpaired) electrons. The molecule has 0 aromatic heterocycles. The molecule has 0 amide bonds. The Kier molecular flexibility index (Phi) is 7.34. The maximum Gasteiger partial charge on any atom is 0.119 e. The van der Waals surface area contributed by atoms with Crippen LogP contribution in [0.15, 0.2) is 24.3 Å². The summed E-state index contributed by atoms with van der Waals surface area (Å²) in [4.78, 5) is 4.93. The molecule has 23 heavy (non-hydrogen) atoms. The number of nitrogens with zero attached hydrogens (tertiary/aromatic N) is 2. The van der Waals surface area contributed by atoms with Crippen molar-refractivity contribution in [1.82, 2.24) is 9.80 Å². The zero-order chi connectivity index (χ0) is 16.7. The van der Waals surface area contributed by atoms with E-state index < -0.39 is 0 Å². The van der Waals surface area contributed by atoms with Gasteiger partial charge in [-0.1, -0.05) is 31.9 Å². The molecule has 0 spiro atoms. The molecule has 2 atom stereocenters. The average molecular weight is 319 g/mol. The predicted octanol–water partition coefficient (Wildman–Crippen LogP) is 2.89. The lowest BCUT2D eigenvalue weighted by atomic mass is 10.0. The van der Waals surface area contributed by atoms with Crippen molar-refractivity contribution in [2.75, 3.05) is 39.8 Å². The zero-order valence-corrected chi connectivity index (χ0v) is 15.0. The summed E-state index contributed by atoms with van der Waals surface area (Å²) in [5.74, 6) is 0.965. The minimum Gasteiger partial charge on any atom is -0.494 e. The molecule has 1 saturated heterocycles. The number of piperazine rings is 1. The van der Waals surface area contributed by atoms with Crippen LogP contribution < -0.4 is 10.5 Å². The van der Waals surface area contributed by atoms with E-state index in [9.17, 15) is 0 Å². The third-order valence-corrected chi connectivity index (χ3v) is 4.94. The van der Waals surface area contributed by atoms with E-state index in [0.29, 0.717) is 18.6 Å². The molecule has 2 unspecified atom stereocenters. The van der Waals surface area contributed by atoms with Gasteiger partial charge in [-0.25, -0.2) is 0 Å². The van der Waals surface area contributed by atoms with Crippen LogP contribution in [0.5, 0.6) is 5.75 Å². The second kappa shape index (κ2) is 9.26. The van der Waals surface area contributed by atoms with Crippen molar-refractivity contribution in [3.05, 3.63) is 29.8 Å². The van der Waals surface area contributed by atoms with Gasteiger partial charge in [0.15, 0.2) is 0 Å². The fraction of sp³-hybridized carbons (Fsp3) is 0.684. The highest BCUT2D eigenvalue weighted by atomic mass is 16.5. The molecule has 1 heterocycles. The van der Waals surface area contributed by atoms with E-state index >= 15 is 0 Å². The fourth-order valence-electron chi connectivity index (χ4n) is 3.18. The quantitative estimate of drug-likeness (QED) is 0.748. The Balaban J connectivity index is 1.93. The average Bonchev–Trinajstić information content (AvgIpc) is 2.57. The molecule has 1 fully saturated rings. The number of hydrogen-bond donors (Lipinski definition) is 1. The molecule has 2 N–H and O–H groups in total. The normalized spacial score (nSPS) is 21.3. The number of hydrogen-bond acceptors (Lipinski definition) is 4. The van der Waals surface area contributed by atoms with Gasteiger partial charge in [0.05, 0.1) is 6.61 Å². The van der Waals surface area contributed by atoms with Gasteiger partial charge in [0.25, 0.3) is 0 Å². The van der Waals surface area contributed by atoms with Gasteiger partial charge in [0, 0.05) is 38.3 Å². The zero-order valence-electron chi connectivity index (χ0n) is 15.0. The van der Waals surface area contributed by atoms with Gasteiger partial charge in [-0.05, 0) is 38.1 Å². The Morgan fingerprint density at radius 2 is 1.96 bits per heavy atom. The first-order chi connectivity index (χ1) is 11.2. The molecule has 1 aromatic rings. The van der Waals surface area contributed by atoms with Crippen LogP contribution in [0.2, 0.25) is 0 Å². The number of nitrogens with two attached hydrogens (primary N) is 1. The van der Waals surface area contributed by atoms with Crippen LogP contribution in [-0.2, 0) is 0 Å². The van der Waals surface area contributed by atoms with Gasteiger partial charge in [0.1, 0.15) is 5.75 Å². The third kappa shape index (κ3) is 5.20. The number of benzene rings is 1. The summed E-state index contributed by atoms with van der Waals surface area (Å²) in [7, 11) is 2.20. The lowest BCUT2D eigenvalue weighted by molar-refractivity contribution is 0.0741. The summed E-state index contributed by atoms with van der Waals surface area (Å²) in [6, 6.07) is 9.41. The van der Waals surface area contributed by atoms with Crippen LogP contribution in [0.4, 0.5) is 0 Å². The van der Waals surface area contributed by atoms with Gasteiger partial charge in [-0.2, -0.15) is 0 Å². The summed E-state index contributed by atoms with van der Waals surface area (Å²) >= 11 is 0. The molecule has 4 heteroatoms. The first-order valence-electron chi connectivity index (χ1n) is 9.02. The molecular weight excluding hydrogens is 286 g/mol. The largest absolute Gasteiger partial charge is 0.494 e. The summed E-state index contributed by atoms with van der Waals surface area (Å²) in [5, 5.41) is 0. The molecule has 0 bridgehead atoms. The summed E-state index contributed by atoms with van der Waals surface area (Å²) in [6.07, 6.45) is 3.59. The Labute approximate surface area is 141 Å². The Bertz CT molecular complexity index is 448. The molecule has 1 aliphatic heterocycles. The van der Waals surface area contributed by atoms with Crippen molar-refractivity contribution in [2.24, 2.45) is 5.73 Å². The van der Waals surface area contributed by atoms with Gasteiger partial charge >= 0.3 is 0 Å². The van der Waals surface area contributed by atoms with Crippen LogP contribution in [0, 0.1) is 0 Å².